The van der Waals surface area contributed by atoms with Crippen LogP contribution in [0.5, 0.6) is 0 Å². The van der Waals surface area contributed by atoms with Crippen LogP contribution in [0, 0.1) is 0 Å². The quantitative estimate of drug-likeness (QED) is 0.854. The van der Waals surface area contributed by atoms with Crippen LogP contribution in [0.15, 0.2) is 36.5 Å². The SMILES string of the molecule is CC(=O)N1CCCc2cc(-c3cccnc3N(C)C)ccc21. The van der Waals surface area contributed by atoms with Crippen molar-refractivity contribution in [2.75, 3.05) is 30.4 Å². The minimum atomic E-state index is 0.115. The van der Waals surface area contributed by atoms with Crippen LogP contribution in [0.25, 0.3) is 11.1 Å². The molecule has 0 fully saturated rings. The normalized spacial score (nSPS) is 13.7. The molecular formula is C18H21N3O. The number of anilines is 2. The smallest absolute Gasteiger partial charge is 0.223 e. The van der Waals surface area contributed by atoms with Gasteiger partial charge in [0.1, 0.15) is 5.82 Å². The zero-order valence-corrected chi connectivity index (χ0v) is 13.3. The minimum absolute atomic E-state index is 0.115. The molecular weight excluding hydrogens is 274 g/mol. The van der Waals surface area contributed by atoms with Gasteiger partial charge in [0.25, 0.3) is 0 Å². The van der Waals surface area contributed by atoms with Crippen LogP contribution < -0.4 is 9.80 Å². The molecule has 1 aromatic heterocycles. The van der Waals surface area contributed by atoms with Crippen molar-refractivity contribution in [1.82, 2.24) is 4.98 Å². The number of hydrogen-bond donors (Lipinski definition) is 0. The molecule has 2 aromatic rings. The maximum Gasteiger partial charge on any atom is 0.223 e. The molecule has 0 aliphatic carbocycles. The van der Waals surface area contributed by atoms with Crippen LogP contribution in [0.1, 0.15) is 18.9 Å². The molecule has 0 radical (unpaired) electrons. The van der Waals surface area contributed by atoms with Gasteiger partial charge in [0.05, 0.1) is 0 Å². The van der Waals surface area contributed by atoms with E-state index < -0.39 is 0 Å². The molecule has 1 amide bonds. The molecule has 4 nitrogen and oxygen atoms in total. The zero-order valence-electron chi connectivity index (χ0n) is 13.3. The van der Waals surface area contributed by atoms with Crippen LogP contribution in [-0.2, 0) is 11.2 Å². The Morgan fingerprint density at radius 1 is 1.27 bits per heavy atom. The fraction of sp³-hybridized carbons (Fsp3) is 0.333. The molecule has 1 aliphatic rings. The highest BCUT2D eigenvalue weighted by atomic mass is 16.2. The van der Waals surface area contributed by atoms with Crippen molar-refractivity contribution < 1.29 is 4.79 Å². The highest BCUT2D eigenvalue weighted by Crippen LogP contribution is 2.34. The third-order valence-electron chi connectivity index (χ3n) is 4.10. The number of fused-ring (bicyclic) bond motifs is 1. The molecule has 0 spiro atoms. The number of aromatic nitrogens is 1. The second kappa shape index (κ2) is 5.79. The van der Waals surface area contributed by atoms with E-state index in [2.05, 4.69) is 29.2 Å². The van der Waals surface area contributed by atoms with Crippen molar-refractivity contribution in [2.45, 2.75) is 19.8 Å². The van der Waals surface area contributed by atoms with Gasteiger partial charge in [0.2, 0.25) is 5.91 Å². The lowest BCUT2D eigenvalue weighted by Gasteiger charge is -2.29. The summed E-state index contributed by atoms with van der Waals surface area (Å²) in [5.41, 5.74) is 4.57. The van der Waals surface area contributed by atoms with E-state index in [1.54, 1.807) is 6.92 Å². The summed E-state index contributed by atoms with van der Waals surface area (Å²) in [6, 6.07) is 10.4. The van der Waals surface area contributed by atoms with E-state index in [0.717, 1.165) is 42.0 Å². The Morgan fingerprint density at radius 3 is 2.82 bits per heavy atom. The highest BCUT2D eigenvalue weighted by molar-refractivity contribution is 5.93. The van der Waals surface area contributed by atoms with Crippen molar-refractivity contribution in [3.8, 4) is 11.1 Å². The summed E-state index contributed by atoms with van der Waals surface area (Å²) in [5, 5.41) is 0. The largest absolute Gasteiger partial charge is 0.362 e. The fourth-order valence-corrected chi connectivity index (χ4v) is 3.07. The number of benzene rings is 1. The first-order valence-corrected chi connectivity index (χ1v) is 7.61. The number of aryl methyl sites for hydroxylation is 1. The van der Waals surface area contributed by atoms with Crippen LogP contribution in [0.4, 0.5) is 11.5 Å². The van der Waals surface area contributed by atoms with Gasteiger partial charge >= 0.3 is 0 Å². The first kappa shape index (κ1) is 14.6. The Bertz CT molecular complexity index is 709. The van der Waals surface area contributed by atoms with E-state index >= 15 is 0 Å². The topological polar surface area (TPSA) is 36.4 Å². The molecule has 0 N–H and O–H groups in total. The van der Waals surface area contributed by atoms with Crippen molar-refractivity contribution in [2.24, 2.45) is 0 Å². The Hall–Kier alpha value is -2.36. The predicted molar refractivity (Wildman–Crippen MR) is 90.3 cm³/mol. The van der Waals surface area contributed by atoms with E-state index in [9.17, 15) is 4.79 Å². The van der Waals surface area contributed by atoms with E-state index in [1.807, 2.05) is 36.2 Å². The van der Waals surface area contributed by atoms with E-state index in [-0.39, 0.29) is 5.91 Å². The van der Waals surface area contributed by atoms with Gasteiger partial charge in [-0.15, -0.1) is 0 Å². The second-order valence-electron chi connectivity index (χ2n) is 5.89. The summed E-state index contributed by atoms with van der Waals surface area (Å²) >= 11 is 0. The Labute approximate surface area is 131 Å². The summed E-state index contributed by atoms with van der Waals surface area (Å²) < 4.78 is 0. The number of rotatable bonds is 2. The molecule has 0 saturated heterocycles. The summed E-state index contributed by atoms with van der Waals surface area (Å²) in [7, 11) is 4.00. The Morgan fingerprint density at radius 2 is 2.09 bits per heavy atom. The van der Waals surface area contributed by atoms with Crippen molar-refractivity contribution in [1.29, 1.82) is 0 Å². The Balaban J connectivity index is 2.07. The molecule has 1 aliphatic heterocycles. The standard InChI is InChI=1S/C18H21N3O/c1-13(22)21-11-5-6-15-12-14(8-9-17(15)21)16-7-4-10-19-18(16)20(2)3/h4,7-10,12H,5-6,11H2,1-3H3. The lowest BCUT2D eigenvalue weighted by molar-refractivity contribution is -0.116. The van der Waals surface area contributed by atoms with E-state index in [1.165, 1.54) is 5.56 Å². The lowest BCUT2D eigenvalue weighted by Crippen LogP contribution is -2.33. The van der Waals surface area contributed by atoms with E-state index in [0.29, 0.717) is 0 Å². The average molecular weight is 295 g/mol. The van der Waals surface area contributed by atoms with Crippen molar-refractivity contribution in [3.63, 3.8) is 0 Å². The third-order valence-corrected chi connectivity index (χ3v) is 4.10. The van der Waals surface area contributed by atoms with Gasteiger partial charge in [0.15, 0.2) is 0 Å². The summed E-state index contributed by atoms with van der Waals surface area (Å²) in [5.74, 6) is 1.07. The van der Waals surface area contributed by atoms with Crippen LogP contribution in [0.3, 0.4) is 0 Å². The number of nitrogens with zero attached hydrogens (tertiary/aromatic N) is 3. The van der Waals surface area contributed by atoms with E-state index in [4.69, 9.17) is 0 Å². The molecule has 0 unspecified atom stereocenters. The molecule has 2 heterocycles. The maximum atomic E-state index is 11.8. The zero-order chi connectivity index (χ0) is 15.7. The second-order valence-corrected chi connectivity index (χ2v) is 5.89. The number of carbonyl (C=O) groups excluding carboxylic acids is 1. The number of pyridine rings is 1. The van der Waals surface area contributed by atoms with Gasteiger partial charge in [-0.2, -0.15) is 0 Å². The van der Waals surface area contributed by atoms with Gasteiger partial charge in [-0.05, 0) is 48.2 Å². The van der Waals surface area contributed by atoms with Gasteiger partial charge < -0.3 is 9.80 Å². The minimum Gasteiger partial charge on any atom is -0.362 e. The highest BCUT2D eigenvalue weighted by Gasteiger charge is 2.20. The van der Waals surface area contributed by atoms with Crippen molar-refractivity contribution in [3.05, 3.63) is 42.1 Å². The lowest BCUT2D eigenvalue weighted by atomic mass is 9.96. The van der Waals surface area contributed by atoms with Gasteiger partial charge in [-0.3, -0.25) is 4.79 Å². The molecule has 0 bridgehead atoms. The first-order valence-electron chi connectivity index (χ1n) is 7.61. The Kier molecular flexibility index (Phi) is 3.84. The predicted octanol–water partition coefficient (Wildman–Crippen LogP) is 3.11. The van der Waals surface area contributed by atoms with Crippen LogP contribution in [0.2, 0.25) is 0 Å². The summed E-state index contributed by atoms with van der Waals surface area (Å²) in [4.78, 5) is 20.1. The summed E-state index contributed by atoms with van der Waals surface area (Å²) in [6.07, 6.45) is 3.85. The monoisotopic (exact) mass is 295 g/mol. The number of amides is 1. The van der Waals surface area contributed by atoms with Crippen LogP contribution >= 0.6 is 0 Å². The molecule has 114 valence electrons. The molecule has 3 rings (SSSR count). The molecule has 0 atom stereocenters. The van der Waals surface area contributed by atoms with Gasteiger partial charge in [-0.25, -0.2) is 4.98 Å². The third kappa shape index (κ3) is 2.56. The van der Waals surface area contributed by atoms with Crippen molar-refractivity contribution >= 4 is 17.4 Å². The number of hydrogen-bond acceptors (Lipinski definition) is 3. The molecule has 1 aromatic carbocycles. The number of carbonyl (C=O) groups is 1. The first-order chi connectivity index (χ1) is 10.6. The molecule has 22 heavy (non-hydrogen) atoms. The van der Waals surface area contributed by atoms with Gasteiger partial charge in [0, 0.05) is 45.0 Å². The van der Waals surface area contributed by atoms with Crippen LogP contribution in [-0.4, -0.2) is 31.5 Å². The molecule has 4 heteroatoms. The summed E-state index contributed by atoms with van der Waals surface area (Å²) in [6.45, 7) is 2.45. The van der Waals surface area contributed by atoms with Gasteiger partial charge in [-0.1, -0.05) is 6.07 Å². The fourth-order valence-electron chi connectivity index (χ4n) is 3.07. The molecule has 0 saturated carbocycles. The average Bonchev–Trinajstić information content (AvgIpc) is 2.53. The maximum absolute atomic E-state index is 11.8.